The lowest BCUT2D eigenvalue weighted by atomic mass is 10.0. The van der Waals surface area contributed by atoms with Gasteiger partial charge in [0.15, 0.2) is 0 Å². The summed E-state index contributed by atoms with van der Waals surface area (Å²) in [6, 6.07) is 13.5. The van der Waals surface area contributed by atoms with Crippen molar-refractivity contribution in [2.24, 2.45) is 0 Å². The second-order valence-electron chi connectivity index (χ2n) is 5.29. The van der Waals surface area contributed by atoms with Gasteiger partial charge in [0.2, 0.25) is 0 Å². The van der Waals surface area contributed by atoms with Crippen LogP contribution in [0, 0.1) is 12.7 Å². The summed E-state index contributed by atoms with van der Waals surface area (Å²) in [6.07, 6.45) is 2.62. The van der Waals surface area contributed by atoms with Gasteiger partial charge in [-0.1, -0.05) is 24.3 Å². The number of halogens is 1. The highest BCUT2D eigenvalue weighted by Gasteiger charge is 2.25. The summed E-state index contributed by atoms with van der Waals surface area (Å²) in [6.45, 7) is 2.73. The van der Waals surface area contributed by atoms with E-state index >= 15 is 0 Å². The molecule has 0 bridgehead atoms. The van der Waals surface area contributed by atoms with Gasteiger partial charge in [-0.25, -0.2) is 4.39 Å². The third-order valence-electron chi connectivity index (χ3n) is 3.73. The summed E-state index contributed by atoms with van der Waals surface area (Å²) >= 11 is 0. The molecule has 0 unspecified atom stereocenters. The number of nitrogens with one attached hydrogen (secondary N) is 1. The average molecular weight is 255 g/mol. The van der Waals surface area contributed by atoms with Gasteiger partial charge in [0.1, 0.15) is 5.82 Å². The van der Waals surface area contributed by atoms with Crippen LogP contribution in [-0.2, 0) is 6.54 Å². The van der Waals surface area contributed by atoms with Crippen molar-refractivity contribution in [2.45, 2.75) is 32.2 Å². The predicted octanol–water partition coefficient (Wildman–Crippen LogP) is 4.62. The van der Waals surface area contributed by atoms with Crippen LogP contribution in [0.4, 0.5) is 10.1 Å². The van der Waals surface area contributed by atoms with E-state index < -0.39 is 0 Å². The van der Waals surface area contributed by atoms with Gasteiger partial charge < -0.3 is 5.32 Å². The summed E-state index contributed by atoms with van der Waals surface area (Å²) < 4.78 is 13.1. The maximum atomic E-state index is 13.1. The van der Waals surface area contributed by atoms with Gasteiger partial charge in [-0.3, -0.25) is 0 Å². The Hall–Kier alpha value is -1.83. The smallest absolute Gasteiger partial charge is 0.123 e. The monoisotopic (exact) mass is 255 g/mol. The van der Waals surface area contributed by atoms with Crippen LogP contribution in [0.1, 0.15) is 35.4 Å². The highest BCUT2D eigenvalue weighted by atomic mass is 19.1. The molecule has 2 aromatic carbocycles. The van der Waals surface area contributed by atoms with Crippen molar-refractivity contribution in [2.75, 3.05) is 5.32 Å². The van der Waals surface area contributed by atoms with E-state index in [0.29, 0.717) is 0 Å². The summed E-state index contributed by atoms with van der Waals surface area (Å²) in [5.74, 6) is 0.578. The highest BCUT2D eigenvalue weighted by molar-refractivity contribution is 5.51. The van der Waals surface area contributed by atoms with Crippen LogP contribution >= 0.6 is 0 Å². The minimum atomic E-state index is -0.179. The molecule has 1 fully saturated rings. The van der Waals surface area contributed by atoms with E-state index in [0.717, 1.165) is 23.7 Å². The van der Waals surface area contributed by atoms with Crippen molar-refractivity contribution in [1.29, 1.82) is 0 Å². The first-order valence-electron chi connectivity index (χ1n) is 6.82. The molecule has 1 aliphatic rings. The average Bonchev–Trinajstić information content (AvgIpc) is 3.22. The molecule has 0 saturated heterocycles. The largest absolute Gasteiger partial charge is 0.381 e. The van der Waals surface area contributed by atoms with E-state index in [1.807, 2.05) is 13.0 Å². The van der Waals surface area contributed by atoms with Crippen molar-refractivity contribution in [3.05, 3.63) is 65.0 Å². The van der Waals surface area contributed by atoms with E-state index in [1.54, 1.807) is 6.07 Å². The van der Waals surface area contributed by atoms with Gasteiger partial charge in [-0.05, 0) is 60.6 Å². The van der Waals surface area contributed by atoms with E-state index in [2.05, 4.69) is 29.6 Å². The Morgan fingerprint density at radius 1 is 1.16 bits per heavy atom. The third-order valence-corrected chi connectivity index (χ3v) is 3.73. The molecule has 0 atom stereocenters. The van der Waals surface area contributed by atoms with Crippen LogP contribution in [-0.4, -0.2) is 0 Å². The molecule has 0 heterocycles. The standard InChI is InChI=1S/C17H18FN/c1-12-10-15(18)8-9-17(12)19-11-14-4-2-3-5-16(14)13-6-7-13/h2-5,8-10,13,19H,6-7,11H2,1H3. The summed E-state index contributed by atoms with van der Waals surface area (Å²) in [4.78, 5) is 0. The lowest BCUT2D eigenvalue weighted by Crippen LogP contribution is -2.03. The number of hydrogen-bond donors (Lipinski definition) is 1. The van der Waals surface area contributed by atoms with Crippen LogP contribution in [0.3, 0.4) is 0 Å². The zero-order valence-electron chi connectivity index (χ0n) is 11.1. The summed E-state index contributed by atoms with van der Waals surface area (Å²) in [7, 11) is 0. The second kappa shape index (κ2) is 5.04. The molecule has 98 valence electrons. The molecule has 1 saturated carbocycles. The predicted molar refractivity (Wildman–Crippen MR) is 76.9 cm³/mol. The second-order valence-corrected chi connectivity index (χ2v) is 5.29. The molecule has 1 aliphatic carbocycles. The van der Waals surface area contributed by atoms with Gasteiger partial charge in [0, 0.05) is 12.2 Å². The molecule has 1 N–H and O–H groups in total. The van der Waals surface area contributed by atoms with E-state index in [1.165, 1.54) is 30.0 Å². The van der Waals surface area contributed by atoms with Crippen molar-refractivity contribution < 1.29 is 4.39 Å². The van der Waals surface area contributed by atoms with Gasteiger partial charge in [0.05, 0.1) is 0 Å². The molecule has 2 heteroatoms. The number of anilines is 1. The molecule has 0 amide bonds. The first kappa shape index (κ1) is 12.2. The molecule has 19 heavy (non-hydrogen) atoms. The number of rotatable bonds is 4. The molecule has 0 spiro atoms. The van der Waals surface area contributed by atoms with E-state index in [9.17, 15) is 4.39 Å². The van der Waals surface area contributed by atoms with Gasteiger partial charge >= 0.3 is 0 Å². The Morgan fingerprint density at radius 2 is 1.95 bits per heavy atom. The molecule has 2 aromatic rings. The normalized spacial score (nSPS) is 14.4. The van der Waals surface area contributed by atoms with E-state index in [-0.39, 0.29) is 5.82 Å². The number of aryl methyl sites for hydroxylation is 1. The summed E-state index contributed by atoms with van der Waals surface area (Å²) in [5, 5.41) is 3.41. The maximum Gasteiger partial charge on any atom is 0.123 e. The number of hydrogen-bond acceptors (Lipinski definition) is 1. The Labute approximate surface area is 113 Å². The van der Waals surface area contributed by atoms with Crippen LogP contribution in [0.15, 0.2) is 42.5 Å². The van der Waals surface area contributed by atoms with E-state index in [4.69, 9.17) is 0 Å². The Kier molecular flexibility index (Phi) is 3.24. The van der Waals surface area contributed by atoms with Gasteiger partial charge in [-0.2, -0.15) is 0 Å². The molecular weight excluding hydrogens is 237 g/mol. The van der Waals surface area contributed by atoms with Gasteiger partial charge in [0.25, 0.3) is 0 Å². The van der Waals surface area contributed by atoms with Crippen LogP contribution in [0.25, 0.3) is 0 Å². The quantitative estimate of drug-likeness (QED) is 0.840. The van der Waals surface area contributed by atoms with Crippen LogP contribution in [0.2, 0.25) is 0 Å². The highest BCUT2D eigenvalue weighted by Crippen LogP contribution is 2.41. The Morgan fingerprint density at radius 3 is 2.68 bits per heavy atom. The molecular formula is C17H18FN. The Balaban J connectivity index is 1.75. The lowest BCUT2D eigenvalue weighted by Gasteiger charge is -2.12. The zero-order chi connectivity index (χ0) is 13.2. The van der Waals surface area contributed by atoms with Crippen LogP contribution < -0.4 is 5.32 Å². The lowest BCUT2D eigenvalue weighted by molar-refractivity contribution is 0.627. The molecule has 0 aliphatic heterocycles. The van der Waals surface area contributed by atoms with Gasteiger partial charge in [-0.15, -0.1) is 0 Å². The maximum absolute atomic E-state index is 13.1. The minimum absolute atomic E-state index is 0.179. The topological polar surface area (TPSA) is 12.0 Å². The number of benzene rings is 2. The third kappa shape index (κ3) is 2.78. The van der Waals surface area contributed by atoms with Crippen molar-refractivity contribution in [3.8, 4) is 0 Å². The fourth-order valence-electron chi connectivity index (χ4n) is 2.50. The first-order chi connectivity index (χ1) is 9.24. The molecule has 0 aromatic heterocycles. The van der Waals surface area contributed by atoms with Crippen LogP contribution in [0.5, 0.6) is 0 Å². The van der Waals surface area contributed by atoms with Crippen molar-refractivity contribution in [3.63, 3.8) is 0 Å². The SMILES string of the molecule is Cc1cc(F)ccc1NCc1ccccc1C1CC1. The molecule has 3 rings (SSSR count). The first-order valence-corrected chi connectivity index (χ1v) is 6.82. The Bertz CT molecular complexity index is 588. The fourth-order valence-corrected chi connectivity index (χ4v) is 2.50. The molecule has 0 radical (unpaired) electrons. The minimum Gasteiger partial charge on any atom is -0.381 e. The van der Waals surface area contributed by atoms with Crippen molar-refractivity contribution in [1.82, 2.24) is 0 Å². The summed E-state index contributed by atoms with van der Waals surface area (Å²) in [5.41, 5.74) is 4.78. The fraction of sp³-hybridized carbons (Fsp3) is 0.294. The zero-order valence-corrected chi connectivity index (χ0v) is 11.1. The molecule has 1 nitrogen and oxygen atoms in total. The van der Waals surface area contributed by atoms with Crippen molar-refractivity contribution >= 4 is 5.69 Å².